The third kappa shape index (κ3) is 3.76. The van der Waals surface area contributed by atoms with Gasteiger partial charge in [-0.05, 0) is 44.2 Å². The Labute approximate surface area is 154 Å². The number of anilines is 1. The molecule has 4 rings (SSSR count). The molecule has 0 radical (unpaired) electrons. The molecule has 0 amide bonds. The highest BCUT2D eigenvalue weighted by atomic mass is 16.3. The molecular weight excluding hydrogens is 328 g/mol. The lowest BCUT2D eigenvalue weighted by Gasteiger charge is -2.34. The number of piperidine rings is 1. The van der Waals surface area contributed by atoms with E-state index in [1.807, 2.05) is 19.1 Å². The zero-order valence-electron chi connectivity index (χ0n) is 15.5. The number of hydrogen-bond acceptors (Lipinski definition) is 6. The van der Waals surface area contributed by atoms with Gasteiger partial charge in [0.1, 0.15) is 17.4 Å². The summed E-state index contributed by atoms with van der Waals surface area (Å²) in [4.78, 5) is 14.4. The highest BCUT2D eigenvalue weighted by molar-refractivity contribution is 5.50. The van der Waals surface area contributed by atoms with E-state index in [0.717, 1.165) is 75.8 Å². The van der Waals surface area contributed by atoms with Gasteiger partial charge in [0.15, 0.2) is 0 Å². The second-order valence-corrected chi connectivity index (χ2v) is 7.51. The molecule has 6 heteroatoms. The zero-order chi connectivity index (χ0) is 17.9. The minimum Gasteiger partial charge on any atom is -0.468 e. The van der Waals surface area contributed by atoms with Crippen molar-refractivity contribution in [3.8, 4) is 0 Å². The van der Waals surface area contributed by atoms with Crippen molar-refractivity contribution in [1.82, 2.24) is 14.9 Å². The van der Waals surface area contributed by atoms with Crippen LogP contribution in [0.1, 0.15) is 35.7 Å². The first-order chi connectivity index (χ1) is 12.7. The lowest BCUT2D eigenvalue weighted by atomic mass is 9.98. The Morgan fingerprint density at radius 3 is 2.92 bits per heavy atom. The van der Waals surface area contributed by atoms with Gasteiger partial charge < -0.3 is 14.4 Å². The fourth-order valence-corrected chi connectivity index (χ4v) is 4.20. The van der Waals surface area contributed by atoms with Crippen LogP contribution in [0.4, 0.5) is 5.82 Å². The summed E-state index contributed by atoms with van der Waals surface area (Å²) in [5.74, 6) is 3.33. The molecule has 26 heavy (non-hydrogen) atoms. The molecule has 140 valence electrons. The van der Waals surface area contributed by atoms with Crippen molar-refractivity contribution in [2.24, 2.45) is 5.92 Å². The number of fused-ring (bicyclic) bond motifs is 1. The Morgan fingerprint density at radius 1 is 1.23 bits per heavy atom. The number of aryl methyl sites for hydroxylation is 1. The van der Waals surface area contributed by atoms with Gasteiger partial charge in [0.25, 0.3) is 0 Å². The number of hydrogen-bond donors (Lipinski definition) is 1. The molecule has 6 nitrogen and oxygen atoms in total. The maximum atomic E-state index is 9.58. The second-order valence-electron chi connectivity index (χ2n) is 7.51. The van der Waals surface area contributed by atoms with E-state index in [1.165, 1.54) is 11.3 Å². The van der Waals surface area contributed by atoms with Crippen molar-refractivity contribution in [2.45, 2.75) is 39.2 Å². The van der Waals surface area contributed by atoms with Crippen LogP contribution in [-0.2, 0) is 19.4 Å². The van der Waals surface area contributed by atoms with Gasteiger partial charge in [-0.25, -0.2) is 9.97 Å². The Balaban J connectivity index is 1.55. The first kappa shape index (κ1) is 17.5. The monoisotopic (exact) mass is 356 g/mol. The average molecular weight is 356 g/mol. The Kier molecular flexibility index (Phi) is 5.22. The summed E-state index contributed by atoms with van der Waals surface area (Å²) in [7, 11) is 0. The van der Waals surface area contributed by atoms with Crippen LogP contribution in [0.15, 0.2) is 22.8 Å². The van der Waals surface area contributed by atoms with E-state index >= 15 is 0 Å². The van der Waals surface area contributed by atoms with Crippen molar-refractivity contribution in [2.75, 3.05) is 37.7 Å². The van der Waals surface area contributed by atoms with E-state index in [0.29, 0.717) is 5.92 Å². The fraction of sp³-hybridized carbons (Fsp3) is 0.600. The third-order valence-electron chi connectivity index (χ3n) is 5.56. The fourth-order valence-electron chi connectivity index (χ4n) is 4.20. The van der Waals surface area contributed by atoms with Gasteiger partial charge in [0.2, 0.25) is 0 Å². The van der Waals surface area contributed by atoms with Crippen LogP contribution >= 0.6 is 0 Å². The molecule has 0 aliphatic carbocycles. The molecule has 0 spiro atoms. The van der Waals surface area contributed by atoms with Gasteiger partial charge in [0, 0.05) is 44.8 Å². The quantitative estimate of drug-likeness (QED) is 0.906. The van der Waals surface area contributed by atoms with E-state index in [4.69, 9.17) is 14.4 Å². The molecule has 1 atom stereocenters. The second kappa shape index (κ2) is 7.76. The van der Waals surface area contributed by atoms with Gasteiger partial charge >= 0.3 is 0 Å². The van der Waals surface area contributed by atoms with Crippen LogP contribution in [0.25, 0.3) is 0 Å². The predicted molar refractivity (Wildman–Crippen MR) is 100 cm³/mol. The number of furan rings is 1. The van der Waals surface area contributed by atoms with Crippen molar-refractivity contribution < 1.29 is 9.52 Å². The largest absolute Gasteiger partial charge is 0.468 e. The molecule has 1 fully saturated rings. The van der Waals surface area contributed by atoms with Crippen LogP contribution in [0.2, 0.25) is 0 Å². The summed E-state index contributed by atoms with van der Waals surface area (Å²) in [5, 5.41) is 9.58. The predicted octanol–water partition coefficient (Wildman–Crippen LogP) is 2.19. The topological polar surface area (TPSA) is 65.6 Å². The summed E-state index contributed by atoms with van der Waals surface area (Å²) in [5.41, 5.74) is 2.50. The summed E-state index contributed by atoms with van der Waals surface area (Å²) in [6.45, 7) is 7.00. The van der Waals surface area contributed by atoms with Crippen LogP contribution in [0.3, 0.4) is 0 Å². The summed E-state index contributed by atoms with van der Waals surface area (Å²) >= 11 is 0. The maximum Gasteiger partial charge on any atom is 0.135 e. The molecule has 2 aromatic heterocycles. The number of rotatable bonds is 4. The summed E-state index contributed by atoms with van der Waals surface area (Å²) in [6.07, 6.45) is 5.88. The van der Waals surface area contributed by atoms with E-state index in [9.17, 15) is 5.11 Å². The maximum absolute atomic E-state index is 9.58. The third-order valence-corrected chi connectivity index (χ3v) is 5.56. The summed E-state index contributed by atoms with van der Waals surface area (Å²) in [6, 6.07) is 3.99. The zero-order valence-corrected chi connectivity index (χ0v) is 15.5. The first-order valence-corrected chi connectivity index (χ1v) is 9.70. The number of nitrogens with zero attached hydrogens (tertiary/aromatic N) is 4. The lowest BCUT2D eigenvalue weighted by Crippen LogP contribution is -2.38. The van der Waals surface area contributed by atoms with E-state index in [-0.39, 0.29) is 6.61 Å². The number of aromatic nitrogens is 2. The summed E-state index contributed by atoms with van der Waals surface area (Å²) < 4.78 is 5.51. The van der Waals surface area contributed by atoms with Crippen molar-refractivity contribution >= 4 is 5.82 Å². The minimum absolute atomic E-state index is 0.264. The van der Waals surface area contributed by atoms with Gasteiger partial charge in [-0.1, -0.05) is 0 Å². The lowest BCUT2D eigenvalue weighted by molar-refractivity contribution is 0.208. The molecule has 4 heterocycles. The van der Waals surface area contributed by atoms with Crippen LogP contribution < -0.4 is 4.90 Å². The molecule has 0 saturated carbocycles. The van der Waals surface area contributed by atoms with Crippen LogP contribution in [-0.4, -0.2) is 52.8 Å². The first-order valence-electron chi connectivity index (χ1n) is 9.70. The van der Waals surface area contributed by atoms with E-state index < -0.39 is 0 Å². The highest BCUT2D eigenvalue weighted by Gasteiger charge is 2.26. The van der Waals surface area contributed by atoms with Gasteiger partial charge in [-0.15, -0.1) is 0 Å². The Bertz CT molecular complexity index is 732. The smallest absolute Gasteiger partial charge is 0.135 e. The van der Waals surface area contributed by atoms with E-state index in [2.05, 4.69) is 9.80 Å². The molecule has 0 unspecified atom stereocenters. The van der Waals surface area contributed by atoms with Gasteiger partial charge in [-0.2, -0.15) is 0 Å². The Hall–Kier alpha value is -1.92. The van der Waals surface area contributed by atoms with E-state index in [1.54, 1.807) is 6.26 Å². The molecule has 0 aromatic carbocycles. The SMILES string of the molecule is Cc1nc2c(c(N3CCC[C@@H](CO)C3)n1)CCN(Cc1ccco1)CC2. The number of aliphatic hydroxyl groups is 1. The molecule has 1 saturated heterocycles. The normalized spacial score (nSPS) is 21.5. The average Bonchev–Trinajstić information content (AvgIpc) is 3.09. The van der Waals surface area contributed by atoms with Crippen molar-refractivity contribution in [3.63, 3.8) is 0 Å². The minimum atomic E-state index is 0.264. The molecule has 2 aromatic rings. The molecule has 0 bridgehead atoms. The molecule has 1 N–H and O–H groups in total. The molecular formula is C20H28N4O2. The molecule has 2 aliphatic rings. The van der Waals surface area contributed by atoms with Crippen molar-refractivity contribution in [1.29, 1.82) is 0 Å². The number of aliphatic hydroxyl groups excluding tert-OH is 1. The van der Waals surface area contributed by atoms with Gasteiger partial charge in [-0.3, -0.25) is 4.90 Å². The highest BCUT2D eigenvalue weighted by Crippen LogP contribution is 2.29. The van der Waals surface area contributed by atoms with Gasteiger partial charge in [0.05, 0.1) is 18.5 Å². The van der Waals surface area contributed by atoms with Crippen LogP contribution in [0.5, 0.6) is 0 Å². The molecule has 2 aliphatic heterocycles. The van der Waals surface area contributed by atoms with Crippen LogP contribution in [0, 0.1) is 12.8 Å². The Morgan fingerprint density at radius 2 is 2.12 bits per heavy atom. The standard InChI is InChI=1S/C20H28N4O2/c1-15-21-19-7-10-23(13-17-5-3-11-26-17)9-6-18(19)20(22-15)24-8-2-4-16(12-24)14-25/h3,5,11,16,25H,2,4,6-10,12-14H2,1H3/t16-/m1/s1. The van der Waals surface area contributed by atoms with Crippen molar-refractivity contribution in [3.05, 3.63) is 41.2 Å².